The molecule has 92 valence electrons. The maximum Gasteiger partial charge on any atom is 0.325 e. The van der Waals surface area contributed by atoms with E-state index in [2.05, 4.69) is 15.4 Å². The van der Waals surface area contributed by atoms with Gasteiger partial charge in [0.2, 0.25) is 5.95 Å². The number of aryl methyl sites for hydroxylation is 1. The molecule has 0 aromatic carbocycles. The zero-order chi connectivity index (χ0) is 12.4. The molecule has 0 saturated heterocycles. The lowest BCUT2D eigenvalue weighted by molar-refractivity contribution is -0.137. The van der Waals surface area contributed by atoms with Crippen LogP contribution in [0, 0.1) is 0 Å². The molecule has 17 heavy (non-hydrogen) atoms. The van der Waals surface area contributed by atoms with Gasteiger partial charge in [0.15, 0.2) is 0 Å². The number of nitrogens with zero attached hydrogens (tertiary/aromatic N) is 4. The van der Waals surface area contributed by atoms with E-state index in [0.717, 1.165) is 12.8 Å². The molecule has 0 radical (unpaired) electrons. The highest BCUT2D eigenvalue weighted by molar-refractivity contribution is 5.90. The standard InChI is InChI=1S/C9H13N5O3/c1-13-8(10-5-11-13)12-9(17)14(4-7(15)16)6-2-3-6/h5-6H,2-4H2,1H3,(H,15,16)(H,10,11,12,17). The van der Waals surface area contributed by atoms with Gasteiger partial charge in [-0.3, -0.25) is 10.1 Å². The molecule has 1 aromatic heterocycles. The number of hydrogen-bond acceptors (Lipinski definition) is 4. The summed E-state index contributed by atoms with van der Waals surface area (Å²) < 4.78 is 1.41. The highest BCUT2D eigenvalue weighted by atomic mass is 16.4. The average Bonchev–Trinajstić information content (AvgIpc) is 3.01. The van der Waals surface area contributed by atoms with Crippen molar-refractivity contribution in [2.75, 3.05) is 11.9 Å². The molecule has 1 fully saturated rings. The van der Waals surface area contributed by atoms with E-state index < -0.39 is 12.0 Å². The molecule has 1 aliphatic carbocycles. The monoisotopic (exact) mass is 239 g/mol. The quantitative estimate of drug-likeness (QED) is 0.763. The van der Waals surface area contributed by atoms with Crippen LogP contribution in [0.15, 0.2) is 6.33 Å². The topological polar surface area (TPSA) is 100 Å². The summed E-state index contributed by atoms with van der Waals surface area (Å²) in [6.45, 7) is -0.297. The van der Waals surface area contributed by atoms with Crippen LogP contribution in [-0.2, 0) is 11.8 Å². The fourth-order valence-electron chi connectivity index (χ4n) is 1.48. The number of hydrogen-bond donors (Lipinski definition) is 2. The van der Waals surface area contributed by atoms with Gasteiger partial charge < -0.3 is 10.0 Å². The van der Waals surface area contributed by atoms with Gasteiger partial charge in [-0.15, -0.1) is 0 Å². The number of carbonyl (C=O) groups is 2. The lowest BCUT2D eigenvalue weighted by Gasteiger charge is -2.20. The minimum absolute atomic E-state index is 0.0272. The summed E-state index contributed by atoms with van der Waals surface area (Å²) in [7, 11) is 1.64. The summed E-state index contributed by atoms with van der Waals surface area (Å²) in [6, 6.07) is -0.426. The van der Waals surface area contributed by atoms with E-state index in [0.29, 0.717) is 5.95 Å². The molecule has 1 saturated carbocycles. The van der Waals surface area contributed by atoms with E-state index in [1.165, 1.54) is 15.9 Å². The Kier molecular flexibility index (Phi) is 2.94. The van der Waals surface area contributed by atoms with Crippen molar-refractivity contribution in [3.63, 3.8) is 0 Å². The van der Waals surface area contributed by atoms with Gasteiger partial charge in [-0.25, -0.2) is 9.48 Å². The van der Waals surface area contributed by atoms with Crippen LogP contribution in [0.1, 0.15) is 12.8 Å². The Morgan fingerprint density at radius 1 is 1.65 bits per heavy atom. The van der Waals surface area contributed by atoms with Crippen molar-refractivity contribution in [2.24, 2.45) is 7.05 Å². The first-order valence-corrected chi connectivity index (χ1v) is 5.21. The van der Waals surface area contributed by atoms with Gasteiger partial charge >= 0.3 is 12.0 Å². The van der Waals surface area contributed by atoms with E-state index in [1.807, 2.05) is 0 Å². The molecule has 8 heteroatoms. The summed E-state index contributed by atoms with van der Waals surface area (Å²) >= 11 is 0. The van der Waals surface area contributed by atoms with E-state index in [1.54, 1.807) is 7.05 Å². The van der Waals surface area contributed by atoms with Gasteiger partial charge in [0.05, 0.1) is 0 Å². The van der Waals surface area contributed by atoms with Crippen LogP contribution >= 0.6 is 0 Å². The molecule has 2 amide bonds. The minimum atomic E-state index is -1.02. The fourth-order valence-corrected chi connectivity index (χ4v) is 1.48. The van der Waals surface area contributed by atoms with E-state index in [4.69, 9.17) is 5.11 Å². The first kappa shape index (κ1) is 11.4. The Hall–Kier alpha value is -2.12. The number of carbonyl (C=O) groups excluding carboxylic acids is 1. The van der Waals surface area contributed by atoms with Gasteiger partial charge in [0, 0.05) is 13.1 Å². The Balaban J connectivity index is 2.01. The second kappa shape index (κ2) is 4.40. The Labute approximate surface area is 97.2 Å². The van der Waals surface area contributed by atoms with Gasteiger partial charge in [0.1, 0.15) is 12.9 Å². The molecule has 0 aliphatic heterocycles. The van der Waals surface area contributed by atoms with Gasteiger partial charge in [-0.05, 0) is 12.8 Å². The number of aliphatic carboxylic acids is 1. The largest absolute Gasteiger partial charge is 0.480 e. The fraction of sp³-hybridized carbons (Fsp3) is 0.556. The van der Waals surface area contributed by atoms with Gasteiger partial charge in [-0.2, -0.15) is 10.1 Å². The Bertz CT molecular complexity index is 440. The van der Waals surface area contributed by atoms with Crippen molar-refractivity contribution in [3.8, 4) is 0 Å². The van der Waals surface area contributed by atoms with E-state index in [-0.39, 0.29) is 12.6 Å². The van der Waals surface area contributed by atoms with Crippen molar-refractivity contribution >= 4 is 17.9 Å². The highest BCUT2D eigenvalue weighted by Gasteiger charge is 2.34. The second-order valence-corrected chi connectivity index (χ2v) is 3.89. The van der Waals surface area contributed by atoms with Crippen molar-refractivity contribution in [3.05, 3.63) is 6.33 Å². The van der Waals surface area contributed by atoms with E-state index in [9.17, 15) is 9.59 Å². The molecule has 1 aromatic rings. The lowest BCUT2D eigenvalue weighted by Crippen LogP contribution is -2.40. The van der Waals surface area contributed by atoms with Crippen molar-refractivity contribution in [1.29, 1.82) is 0 Å². The van der Waals surface area contributed by atoms with Gasteiger partial charge in [0.25, 0.3) is 0 Å². The predicted octanol–water partition coefficient (Wildman–Crippen LogP) is -0.104. The number of aromatic nitrogens is 3. The molecule has 0 spiro atoms. The molecule has 2 rings (SSSR count). The summed E-state index contributed by atoms with van der Waals surface area (Å²) in [5.74, 6) is -0.726. The highest BCUT2D eigenvalue weighted by Crippen LogP contribution is 2.27. The van der Waals surface area contributed by atoms with Crippen LogP contribution in [0.3, 0.4) is 0 Å². The first-order valence-electron chi connectivity index (χ1n) is 5.21. The Morgan fingerprint density at radius 3 is 2.82 bits per heavy atom. The molecule has 0 bridgehead atoms. The lowest BCUT2D eigenvalue weighted by atomic mass is 10.5. The summed E-state index contributed by atoms with van der Waals surface area (Å²) in [5.41, 5.74) is 0. The molecule has 8 nitrogen and oxygen atoms in total. The second-order valence-electron chi connectivity index (χ2n) is 3.89. The zero-order valence-corrected chi connectivity index (χ0v) is 9.33. The zero-order valence-electron chi connectivity index (χ0n) is 9.33. The molecular formula is C9H13N5O3. The average molecular weight is 239 g/mol. The maximum atomic E-state index is 11.9. The third kappa shape index (κ3) is 2.71. The molecular weight excluding hydrogens is 226 g/mol. The number of urea groups is 1. The summed E-state index contributed by atoms with van der Waals surface area (Å²) in [5, 5.41) is 15.1. The normalized spacial score (nSPS) is 14.4. The molecule has 1 aliphatic rings. The third-order valence-electron chi connectivity index (χ3n) is 2.48. The maximum absolute atomic E-state index is 11.9. The SMILES string of the molecule is Cn1ncnc1NC(=O)N(CC(=O)O)C1CC1. The molecule has 0 atom stereocenters. The number of nitrogens with one attached hydrogen (secondary N) is 1. The smallest absolute Gasteiger partial charge is 0.325 e. The Morgan fingerprint density at radius 2 is 2.35 bits per heavy atom. The molecule has 0 unspecified atom stereocenters. The van der Waals surface area contributed by atoms with Crippen molar-refractivity contribution < 1.29 is 14.7 Å². The van der Waals surface area contributed by atoms with Crippen molar-refractivity contribution in [1.82, 2.24) is 19.7 Å². The van der Waals surface area contributed by atoms with Gasteiger partial charge in [-0.1, -0.05) is 0 Å². The minimum Gasteiger partial charge on any atom is -0.480 e. The molecule has 1 heterocycles. The number of anilines is 1. The molecule has 2 N–H and O–H groups in total. The van der Waals surface area contributed by atoms with Crippen molar-refractivity contribution in [2.45, 2.75) is 18.9 Å². The van der Waals surface area contributed by atoms with Crippen LogP contribution in [0.25, 0.3) is 0 Å². The first-order chi connectivity index (χ1) is 8.08. The van der Waals surface area contributed by atoms with Crippen LogP contribution in [0.5, 0.6) is 0 Å². The number of carboxylic acids is 1. The van der Waals surface area contributed by atoms with Crippen LogP contribution in [0.2, 0.25) is 0 Å². The predicted molar refractivity (Wildman–Crippen MR) is 57.4 cm³/mol. The third-order valence-corrected chi connectivity index (χ3v) is 2.48. The van der Waals surface area contributed by atoms with Crippen LogP contribution in [-0.4, -0.2) is 49.4 Å². The number of rotatable bonds is 4. The van der Waals surface area contributed by atoms with E-state index >= 15 is 0 Å². The van der Waals surface area contributed by atoms with Crippen LogP contribution < -0.4 is 5.32 Å². The van der Waals surface area contributed by atoms with Crippen LogP contribution in [0.4, 0.5) is 10.7 Å². The number of amides is 2. The summed E-state index contributed by atoms with van der Waals surface area (Å²) in [6.07, 6.45) is 3.01. The summed E-state index contributed by atoms with van der Waals surface area (Å²) in [4.78, 5) is 27.7. The number of carboxylic acid groups (broad SMARTS) is 1.